The molecule has 0 aromatic heterocycles. The van der Waals surface area contributed by atoms with Gasteiger partial charge in [0.05, 0.1) is 23.4 Å². The molecule has 2 heterocycles. The Morgan fingerprint density at radius 3 is 2.46 bits per heavy atom. The van der Waals surface area contributed by atoms with Gasteiger partial charge in [-0.3, -0.25) is 14.5 Å². The number of carbonyl (C=O) groups excluding carboxylic acids is 2. The molecule has 0 aliphatic carbocycles. The topological polar surface area (TPSA) is 73.2 Å². The van der Waals surface area contributed by atoms with Gasteiger partial charge in [0.15, 0.2) is 0 Å². The lowest BCUT2D eigenvalue weighted by Crippen LogP contribution is -2.33. The number of rotatable bonds is 10. The number of piperidine rings is 1. The molecule has 1 fully saturated rings. The Morgan fingerprint density at radius 2 is 1.85 bits per heavy atom. The van der Waals surface area contributed by atoms with Gasteiger partial charge in [0.2, 0.25) is 5.91 Å². The fourth-order valence-electron chi connectivity index (χ4n) is 4.57. The maximum absolute atomic E-state index is 13.5. The standard InChI is InChI=1S/C26H31F6N3O3S/c1-34(12-13-36)23(37)5-3-2-4-21-22(39-24(38)33-21)14-17-8-10-35(11-9-17)16-18-6-7-19(25(27,28)29)15-20(18)26(30,31)32/h6-7,14-15,17,36H,2-5,8-13,16H2,1H3/b22-14-. The van der Waals surface area contributed by atoms with Crippen molar-refractivity contribution in [1.82, 2.24) is 9.80 Å². The Morgan fingerprint density at radius 1 is 1.15 bits per heavy atom. The minimum atomic E-state index is -4.90. The van der Waals surface area contributed by atoms with Crippen LogP contribution in [0.25, 0.3) is 0 Å². The number of halogens is 6. The van der Waals surface area contributed by atoms with Crippen molar-refractivity contribution in [2.75, 3.05) is 33.3 Å². The van der Waals surface area contributed by atoms with Crippen molar-refractivity contribution in [1.29, 1.82) is 0 Å². The number of allylic oxidation sites excluding steroid dienone is 2. The van der Waals surface area contributed by atoms with E-state index in [9.17, 15) is 35.9 Å². The van der Waals surface area contributed by atoms with E-state index in [1.807, 2.05) is 6.08 Å². The first-order valence-electron chi connectivity index (χ1n) is 12.6. The second kappa shape index (κ2) is 13.3. The molecular formula is C26H31F6N3O3S. The highest BCUT2D eigenvalue weighted by Gasteiger charge is 2.38. The average Bonchev–Trinajstić information content (AvgIpc) is 3.20. The lowest BCUT2D eigenvalue weighted by molar-refractivity contribution is -0.143. The number of nitrogens with zero attached hydrogens (tertiary/aromatic N) is 3. The largest absolute Gasteiger partial charge is 0.416 e. The van der Waals surface area contributed by atoms with Crippen LogP contribution in [0.3, 0.4) is 0 Å². The van der Waals surface area contributed by atoms with Gasteiger partial charge in [0, 0.05) is 31.5 Å². The van der Waals surface area contributed by atoms with Gasteiger partial charge in [0.25, 0.3) is 0 Å². The van der Waals surface area contributed by atoms with E-state index < -0.39 is 23.5 Å². The minimum Gasteiger partial charge on any atom is -0.395 e. The molecule has 1 aromatic rings. The number of carbonyl (C=O) groups is 2. The van der Waals surface area contributed by atoms with Crippen LogP contribution in [-0.4, -0.2) is 65.1 Å². The Hall–Kier alpha value is -2.38. The predicted octanol–water partition coefficient (Wildman–Crippen LogP) is 6.14. The average molecular weight is 580 g/mol. The lowest BCUT2D eigenvalue weighted by Gasteiger charge is -2.31. The summed E-state index contributed by atoms with van der Waals surface area (Å²) in [5.41, 5.74) is -2.13. The van der Waals surface area contributed by atoms with E-state index in [4.69, 9.17) is 5.11 Å². The van der Waals surface area contributed by atoms with Gasteiger partial charge in [-0.2, -0.15) is 26.3 Å². The third kappa shape index (κ3) is 9.07. The summed E-state index contributed by atoms with van der Waals surface area (Å²) in [6.07, 6.45) is -4.39. The van der Waals surface area contributed by atoms with Crippen LogP contribution >= 0.6 is 11.8 Å². The Bertz CT molecular complexity index is 1100. The summed E-state index contributed by atoms with van der Waals surface area (Å²) in [5.74, 6) is 0.0206. The second-order valence-corrected chi connectivity index (χ2v) is 10.7. The van der Waals surface area contributed by atoms with Gasteiger partial charge in [0.1, 0.15) is 0 Å². The van der Waals surface area contributed by atoms with Crippen LogP contribution in [-0.2, 0) is 23.7 Å². The van der Waals surface area contributed by atoms with Crippen LogP contribution < -0.4 is 0 Å². The zero-order chi connectivity index (χ0) is 28.8. The highest BCUT2D eigenvalue weighted by atomic mass is 32.2. The van der Waals surface area contributed by atoms with E-state index in [0.29, 0.717) is 63.4 Å². The zero-order valence-electron chi connectivity index (χ0n) is 21.4. The van der Waals surface area contributed by atoms with Crippen LogP contribution in [0.1, 0.15) is 55.2 Å². The van der Waals surface area contributed by atoms with Gasteiger partial charge >= 0.3 is 17.6 Å². The molecule has 2 amide bonds. The van der Waals surface area contributed by atoms with Crippen molar-refractivity contribution >= 4 is 28.6 Å². The molecule has 0 atom stereocenters. The summed E-state index contributed by atoms with van der Waals surface area (Å²) in [6.45, 7) is 0.983. The summed E-state index contributed by atoms with van der Waals surface area (Å²) < 4.78 is 79.3. The van der Waals surface area contributed by atoms with Crippen molar-refractivity contribution in [2.45, 2.75) is 57.4 Å². The van der Waals surface area contributed by atoms with Crippen LogP contribution in [0, 0.1) is 5.92 Å². The number of unbranched alkanes of at least 4 members (excludes halogenated alkanes) is 1. The molecule has 6 nitrogen and oxygen atoms in total. The molecule has 0 spiro atoms. The van der Waals surface area contributed by atoms with E-state index >= 15 is 0 Å². The van der Waals surface area contributed by atoms with Crippen LogP contribution in [0.2, 0.25) is 0 Å². The molecule has 0 radical (unpaired) electrons. The van der Waals surface area contributed by atoms with Crippen molar-refractivity contribution in [3.05, 3.63) is 45.9 Å². The number of aliphatic hydroxyl groups excluding tert-OH is 1. The van der Waals surface area contributed by atoms with Crippen LogP contribution in [0.4, 0.5) is 31.1 Å². The van der Waals surface area contributed by atoms with Crippen molar-refractivity contribution in [2.24, 2.45) is 10.9 Å². The number of alkyl halides is 6. The monoisotopic (exact) mass is 579 g/mol. The number of benzene rings is 1. The highest BCUT2D eigenvalue weighted by Crippen LogP contribution is 2.38. The molecule has 2 aliphatic heterocycles. The summed E-state index contributed by atoms with van der Waals surface area (Å²) >= 11 is 1.04. The summed E-state index contributed by atoms with van der Waals surface area (Å²) in [6, 6.07) is 1.76. The van der Waals surface area contributed by atoms with Gasteiger partial charge in [-0.25, -0.2) is 4.99 Å². The molecule has 1 N–H and O–H groups in total. The smallest absolute Gasteiger partial charge is 0.395 e. The number of hydrogen-bond acceptors (Lipinski definition) is 5. The molecular weight excluding hydrogens is 548 g/mol. The molecule has 216 valence electrons. The molecule has 2 aliphatic rings. The molecule has 39 heavy (non-hydrogen) atoms. The molecule has 1 saturated heterocycles. The third-order valence-corrected chi connectivity index (χ3v) is 7.64. The van der Waals surface area contributed by atoms with Gasteiger partial charge < -0.3 is 10.0 Å². The minimum absolute atomic E-state index is 0.0657. The van der Waals surface area contributed by atoms with Crippen molar-refractivity contribution < 1.29 is 41.0 Å². The number of likely N-dealkylation sites (N-methyl/N-ethyl adjacent to an activating group) is 1. The Labute approximate surface area is 227 Å². The number of likely N-dealkylation sites (tertiary alicyclic amines) is 1. The van der Waals surface area contributed by atoms with E-state index in [1.165, 1.54) is 4.90 Å². The second-order valence-electron chi connectivity index (χ2n) is 9.68. The predicted molar refractivity (Wildman–Crippen MR) is 136 cm³/mol. The van der Waals surface area contributed by atoms with E-state index in [0.717, 1.165) is 22.7 Å². The maximum Gasteiger partial charge on any atom is 0.416 e. The van der Waals surface area contributed by atoms with Gasteiger partial charge in [-0.1, -0.05) is 12.1 Å². The number of aliphatic imine (C=N–C) groups is 1. The van der Waals surface area contributed by atoms with Gasteiger partial charge in [-0.15, -0.1) is 0 Å². The number of aliphatic hydroxyl groups is 1. The quantitative estimate of drug-likeness (QED) is 0.266. The maximum atomic E-state index is 13.5. The number of amides is 2. The van der Waals surface area contributed by atoms with E-state index in [-0.39, 0.29) is 48.4 Å². The normalized spacial score (nSPS) is 18.6. The molecule has 3 rings (SSSR count). The molecule has 1 aromatic carbocycles. The lowest BCUT2D eigenvalue weighted by atomic mass is 9.94. The molecule has 0 saturated carbocycles. The van der Waals surface area contributed by atoms with E-state index in [2.05, 4.69) is 4.99 Å². The first-order chi connectivity index (χ1) is 18.3. The summed E-state index contributed by atoms with van der Waals surface area (Å²) in [4.78, 5) is 32.0. The molecule has 0 unspecified atom stereocenters. The Balaban J connectivity index is 1.54. The first kappa shape index (κ1) is 31.2. The van der Waals surface area contributed by atoms with Crippen LogP contribution in [0.15, 0.2) is 34.2 Å². The summed E-state index contributed by atoms with van der Waals surface area (Å²) in [5, 5.41) is 8.61. The van der Waals surface area contributed by atoms with E-state index in [1.54, 1.807) is 11.9 Å². The van der Waals surface area contributed by atoms with Crippen molar-refractivity contribution in [3.63, 3.8) is 0 Å². The van der Waals surface area contributed by atoms with Crippen LogP contribution in [0.5, 0.6) is 0 Å². The fourth-order valence-corrected chi connectivity index (χ4v) is 5.44. The SMILES string of the molecule is CN(CCO)C(=O)CCCCC1=NC(=O)S/C1=C\C1CCN(Cc2ccc(C(F)(F)F)cc2C(F)(F)F)CC1. The Kier molecular flexibility index (Phi) is 10.6. The molecule has 0 bridgehead atoms. The zero-order valence-corrected chi connectivity index (χ0v) is 22.3. The number of hydrogen-bond donors (Lipinski definition) is 1. The summed E-state index contributed by atoms with van der Waals surface area (Å²) in [7, 11) is 1.62. The molecule has 13 heteroatoms. The fraction of sp³-hybridized carbons (Fsp3) is 0.577. The van der Waals surface area contributed by atoms with Crippen molar-refractivity contribution in [3.8, 4) is 0 Å². The number of thioether (sulfide) groups is 1. The van der Waals surface area contributed by atoms with Gasteiger partial charge in [-0.05, 0) is 80.6 Å². The third-order valence-electron chi connectivity index (χ3n) is 6.78. The highest BCUT2D eigenvalue weighted by molar-refractivity contribution is 8.18. The first-order valence-corrected chi connectivity index (χ1v) is 13.5.